The number of rotatable bonds is 6. The van der Waals surface area contributed by atoms with Gasteiger partial charge in [-0.2, -0.15) is 0 Å². The van der Waals surface area contributed by atoms with Crippen LogP contribution in [0, 0.1) is 0 Å². The number of halogens is 1. The SMILES string of the molecule is COCC(O)CNC1CCN(C(=O)c2ccc(Cl)cc2)CC1. The van der Waals surface area contributed by atoms with E-state index in [1.165, 1.54) is 0 Å². The van der Waals surface area contributed by atoms with E-state index in [4.69, 9.17) is 16.3 Å². The van der Waals surface area contributed by atoms with Crippen molar-refractivity contribution in [3.05, 3.63) is 34.9 Å². The van der Waals surface area contributed by atoms with Gasteiger partial charge in [-0.05, 0) is 37.1 Å². The van der Waals surface area contributed by atoms with Gasteiger partial charge in [0.05, 0.1) is 12.7 Å². The van der Waals surface area contributed by atoms with Crippen LogP contribution in [-0.2, 0) is 4.74 Å². The maximum absolute atomic E-state index is 12.4. The molecule has 2 rings (SSSR count). The minimum absolute atomic E-state index is 0.0505. The van der Waals surface area contributed by atoms with Gasteiger partial charge in [0.1, 0.15) is 0 Å². The van der Waals surface area contributed by atoms with Crippen LogP contribution in [0.15, 0.2) is 24.3 Å². The van der Waals surface area contributed by atoms with Crippen LogP contribution in [-0.4, -0.2) is 61.4 Å². The molecule has 122 valence electrons. The monoisotopic (exact) mass is 326 g/mol. The maximum Gasteiger partial charge on any atom is 0.253 e. The molecule has 1 unspecified atom stereocenters. The number of nitrogens with zero attached hydrogens (tertiary/aromatic N) is 1. The smallest absolute Gasteiger partial charge is 0.253 e. The first-order chi connectivity index (χ1) is 10.6. The van der Waals surface area contributed by atoms with Crippen LogP contribution >= 0.6 is 11.6 Å². The molecule has 0 bridgehead atoms. The molecule has 0 radical (unpaired) electrons. The number of hydrogen-bond acceptors (Lipinski definition) is 4. The Labute approximate surface area is 136 Å². The maximum atomic E-state index is 12.4. The van der Waals surface area contributed by atoms with E-state index in [1.54, 1.807) is 31.4 Å². The molecular formula is C16H23ClN2O3. The normalized spacial score (nSPS) is 17.5. The Hall–Kier alpha value is -1.14. The van der Waals surface area contributed by atoms with Gasteiger partial charge in [-0.3, -0.25) is 4.79 Å². The van der Waals surface area contributed by atoms with Crippen LogP contribution in [0.4, 0.5) is 0 Å². The third kappa shape index (κ3) is 4.95. The van der Waals surface area contributed by atoms with Crippen LogP contribution in [0.5, 0.6) is 0 Å². The van der Waals surface area contributed by atoms with Gasteiger partial charge in [0.2, 0.25) is 0 Å². The summed E-state index contributed by atoms with van der Waals surface area (Å²) in [4.78, 5) is 14.2. The minimum Gasteiger partial charge on any atom is -0.389 e. The molecule has 1 aliphatic rings. The molecule has 0 aliphatic carbocycles. The van der Waals surface area contributed by atoms with Gasteiger partial charge in [-0.15, -0.1) is 0 Å². The Morgan fingerprint density at radius 2 is 2.05 bits per heavy atom. The molecule has 2 N–H and O–H groups in total. The zero-order chi connectivity index (χ0) is 15.9. The number of aliphatic hydroxyl groups excluding tert-OH is 1. The summed E-state index contributed by atoms with van der Waals surface area (Å²) in [5.74, 6) is 0.0505. The number of hydrogen-bond donors (Lipinski definition) is 2. The highest BCUT2D eigenvalue weighted by molar-refractivity contribution is 6.30. The van der Waals surface area contributed by atoms with E-state index >= 15 is 0 Å². The molecule has 0 saturated carbocycles. The molecule has 0 spiro atoms. The largest absolute Gasteiger partial charge is 0.389 e. The molecule has 1 fully saturated rings. The van der Waals surface area contributed by atoms with E-state index < -0.39 is 6.10 Å². The van der Waals surface area contributed by atoms with E-state index in [9.17, 15) is 9.90 Å². The molecule has 1 aromatic carbocycles. The first kappa shape index (κ1) is 17.2. The van der Waals surface area contributed by atoms with Gasteiger partial charge in [-0.1, -0.05) is 11.6 Å². The van der Waals surface area contributed by atoms with Gasteiger partial charge in [-0.25, -0.2) is 0 Å². The van der Waals surface area contributed by atoms with Crippen molar-refractivity contribution in [3.8, 4) is 0 Å². The second-order valence-corrected chi connectivity index (χ2v) is 6.03. The zero-order valence-corrected chi connectivity index (χ0v) is 13.6. The second kappa shape index (κ2) is 8.48. The number of carbonyl (C=O) groups is 1. The highest BCUT2D eigenvalue weighted by atomic mass is 35.5. The number of ether oxygens (including phenoxy) is 1. The van der Waals surface area contributed by atoms with Crippen LogP contribution < -0.4 is 5.32 Å². The molecular weight excluding hydrogens is 304 g/mol. The Balaban J connectivity index is 1.77. The lowest BCUT2D eigenvalue weighted by Gasteiger charge is -2.33. The molecule has 1 atom stereocenters. The molecule has 1 amide bonds. The number of methoxy groups -OCH3 is 1. The predicted molar refractivity (Wildman–Crippen MR) is 86.3 cm³/mol. The summed E-state index contributed by atoms with van der Waals surface area (Å²) in [6.45, 7) is 2.30. The Morgan fingerprint density at radius 3 is 2.64 bits per heavy atom. The highest BCUT2D eigenvalue weighted by Gasteiger charge is 2.23. The van der Waals surface area contributed by atoms with Crippen LogP contribution in [0.2, 0.25) is 5.02 Å². The van der Waals surface area contributed by atoms with Crippen LogP contribution in [0.3, 0.4) is 0 Å². The van der Waals surface area contributed by atoms with Crippen LogP contribution in [0.25, 0.3) is 0 Å². The molecule has 1 aliphatic heterocycles. The molecule has 0 aromatic heterocycles. The molecule has 22 heavy (non-hydrogen) atoms. The highest BCUT2D eigenvalue weighted by Crippen LogP contribution is 2.16. The van der Waals surface area contributed by atoms with Gasteiger partial charge in [0.25, 0.3) is 5.91 Å². The number of amides is 1. The van der Waals surface area contributed by atoms with Crippen LogP contribution in [0.1, 0.15) is 23.2 Å². The average molecular weight is 327 g/mol. The Bertz CT molecular complexity index is 473. The first-order valence-corrected chi connectivity index (χ1v) is 7.93. The number of aliphatic hydroxyl groups is 1. The van der Waals surface area contributed by atoms with Crippen molar-refractivity contribution < 1.29 is 14.6 Å². The standard InChI is InChI=1S/C16H23ClN2O3/c1-22-11-15(20)10-18-14-6-8-19(9-7-14)16(21)12-2-4-13(17)5-3-12/h2-5,14-15,18,20H,6-11H2,1H3. The molecule has 6 heteroatoms. The third-order valence-corrected chi connectivity index (χ3v) is 4.13. The van der Waals surface area contributed by atoms with E-state index in [0.717, 1.165) is 25.9 Å². The third-order valence-electron chi connectivity index (χ3n) is 3.87. The number of likely N-dealkylation sites (tertiary alicyclic amines) is 1. The number of carbonyl (C=O) groups excluding carboxylic acids is 1. The summed E-state index contributed by atoms with van der Waals surface area (Å²) in [6, 6.07) is 7.33. The van der Waals surface area contributed by atoms with E-state index in [-0.39, 0.29) is 5.91 Å². The number of benzene rings is 1. The first-order valence-electron chi connectivity index (χ1n) is 7.55. The summed E-state index contributed by atoms with van der Waals surface area (Å²) < 4.78 is 4.90. The summed E-state index contributed by atoms with van der Waals surface area (Å²) in [5, 5.41) is 13.6. The van der Waals surface area contributed by atoms with Crippen molar-refractivity contribution in [2.75, 3.05) is 33.4 Å². The summed E-state index contributed by atoms with van der Waals surface area (Å²) in [6.07, 6.45) is 1.29. The quantitative estimate of drug-likeness (QED) is 0.832. The van der Waals surface area contributed by atoms with Crippen molar-refractivity contribution in [1.29, 1.82) is 0 Å². The van der Waals surface area contributed by atoms with Crippen molar-refractivity contribution in [2.45, 2.75) is 25.0 Å². The van der Waals surface area contributed by atoms with E-state index in [2.05, 4.69) is 5.32 Å². The summed E-state index contributed by atoms with van der Waals surface area (Å²) >= 11 is 5.84. The van der Waals surface area contributed by atoms with Crippen molar-refractivity contribution >= 4 is 17.5 Å². The summed E-state index contributed by atoms with van der Waals surface area (Å²) in [7, 11) is 1.57. The number of piperidine rings is 1. The lowest BCUT2D eigenvalue weighted by Crippen LogP contribution is -2.46. The lowest BCUT2D eigenvalue weighted by atomic mass is 10.0. The van der Waals surface area contributed by atoms with E-state index in [0.29, 0.717) is 29.8 Å². The topological polar surface area (TPSA) is 61.8 Å². The Kier molecular flexibility index (Phi) is 6.64. The van der Waals surface area contributed by atoms with E-state index in [1.807, 2.05) is 4.90 Å². The van der Waals surface area contributed by atoms with Crippen molar-refractivity contribution in [3.63, 3.8) is 0 Å². The fourth-order valence-corrected chi connectivity index (χ4v) is 2.74. The van der Waals surface area contributed by atoms with Gasteiger partial charge >= 0.3 is 0 Å². The van der Waals surface area contributed by atoms with Gasteiger partial charge < -0.3 is 20.1 Å². The van der Waals surface area contributed by atoms with Crippen molar-refractivity contribution in [2.24, 2.45) is 0 Å². The minimum atomic E-state index is -0.487. The fourth-order valence-electron chi connectivity index (χ4n) is 2.62. The molecule has 5 nitrogen and oxygen atoms in total. The Morgan fingerprint density at radius 1 is 1.41 bits per heavy atom. The zero-order valence-electron chi connectivity index (χ0n) is 12.8. The second-order valence-electron chi connectivity index (χ2n) is 5.59. The average Bonchev–Trinajstić information content (AvgIpc) is 2.54. The number of nitrogens with one attached hydrogen (secondary N) is 1. The molecule has 1 heterocycles. The van der Waals surface area contributed by atoms with Crippen molar-refractivity contribution in [1.82, 2.24) is 10.2 Å². The molecule has 1 aromatic rings. The lowest BCUT2D eigenvalue weighted by molar-refractivity contribution is 0.0577. The fraction of sp³-hybridized carbons (Fsp3) is 0.562. The molecule has 1 saturated heterocycles. The predicted octanol–water partition coefficient (Wildman–Crippen LogP) is 1.54. The van der Waals surface area contributed by atoms with Gasteiger partial charge in [0, 0.05) is 43.4 Å². The van der Waals surface area contributed by atoms with Gasteiger partial charge in [0.15, 0.2) is 0 Å². The summed E-state index contributed by atoms with van der Waals surface area (Å²) in [5.41, 5.74) is 0.673.